The lowest BCUT2D eigenvalue weighted by Crippen LogP contribution is -2.61. The van der Waals surface area contributed by atoms with E-state index in [1.165, 1.54) is 167 Å². The van der Waals surface area contributed by atoms with Gasteiger partial charge in [0.2, 0.25) is 5.91 Å². The number of hydrogen-bond acceptors (Lipinski definition) is 10. The molecule has 0 saturated carbocycles. The maximum Gasteiger partial charge on any atom is 0.306 e. The fourth-order valence-electron chi connectivity index (χ4n) is 10.2. The van der Waals surface area contributed by atoms with Gasteiger partial charge in [-0.1, -0.05) is 281 Å². The highest BCUT2D eigenvalue weighted by Crippen LogP contribution is 2.26. The number of aliphatic hydroxyl groups excluding tert-OH is 5. The molecule has 79 heavy (non-hydrogen) atoms. The van der Waals surface area contributed by atoms with Gasteiger partial charge in [0.25, 0.3) is 0 Å². The number of amides is 1. The second-order valence-electron chi connectivity index (χ2n) is 22.9. The van der Waals surface area contributed by atoms with Crippen LogP contribution < -0.4 is 5.32 Å². The van der Waals surface area contributed by atoms with E-state index in [1.54, 1.807) is 6.08 Å². The van der Waals surface area contributed by atoms with E-state index in [-0.39, 0.29) is 13.0 Å². The first kappa shape index (κ1) is 74.4. The number of carbonyl (C=O) groups is 2. The first-order valence-corrected chi connectivity index (χ1v) is 33.1. The largest absolute Gasteiger partial charge is 0.454 e. The Hall–Kier alpha value is -2.64. The zero-order chi connectivity index (χ0) is 57.5. The average molecular weight is 1110 g/mol. The van der Waals surface area contributed by atoms with Crippen molar-refractivity contribution in [2.45, 2.75) is 346 Å². The van der Waals surface area contributed by atoms with E-state index in [2.05, 4.69) is 74.7 Å². The maximum atomic E-state index is 13.4. The molecule has 1 amide bonds. The van der Waals surface area contributed by atoms with Gasteiger partial charge >= 0.3 is 5.97 Å². The number of allylic oxidation sites excluding steroid dienone is 9. The maximum absolute atomic E-state index is 13.4. The molecule has 460 valence electrons. The lowest BCUT2D eigenvalue weighted by molar-refractivity contribution is -0.305. The topological polar surface area (TPSA) is 175 Å². The Morgan fingerprint density at radius 2 is 0.873 bits per heavy atom. The molecule has 0 bridgehead atoms. The number of rotatable bonds is 56. The van der Waals surface area contributed by atoms with E-state index in [1.807, 2.05) is 6.08 Å². The summed E-state index contributed by atoms with van der Waals surface area (Å²) < 4.78 is 17.6. The Kier molecular flexibility index (Phi) is 52.6. The van der Waals surface area contributed by atoms with E-state index in [0.717, 1.165) is 83.5 Å². The average Bonchev–Trinajstić information content (AvgIpc) is 3.47. The first-order valence-electron chi connectivity index (χ1n) is 33.1. The Morgan fingerprint density at radius 1 is 0.494 bits per heavy atom. The van der Waals surface area contributed by atoms with Crippen LogP contribution in [0.1, 0.15) is 297 Å². The summed E-state index contributed by atoms with van der Waals surface area (Å²) in [5.74, 6) is -1.19. The van der Waals surface area contributed by atoms with Gasteiger partial charge in [-0.25, -0.2) is 0 Å². The van der Waals surface area contributed by atoms with E-state index < -0.39 is 67.4 Å². The van der Waals surface area contributed by atoms with E-state index in [9.17, 15) is 35.1 Å². The van der Waals surface area contributed by atoms with Gasteiger partial charge in [0, 0.05) is 6.42 Å². The third-order valence-corrected chi connectivity index (χ3v) is 15.4. The van der Waals surface area contributed by atoms with Crippen LogP contribution in [0.25, 0.3) is 0 Å². The van der Waals surface area contributed by atoms with Gasteiger partial charge in [-0.2, -0.15) is 0 Å². The molecule has 11 heteroatoms. The van der Waals surface area contributed by atoms with Crippen LogP contribution in [0, 0.1) is 0 Å². The lowest BCUT2D eigenvalue weighted by atomic mass is 9.99. The fraction of sp³-hybridized carbons (Fsp3) is 0.824. The SMILES string of the molecule is CCCCC/C=C\C/C=C\C/C=C\C/C=C\CCCCCCCCCCCCCC(=O)OC1C(OCC(NC(=O)C(O)CCCCCCCCCCCCCC)C(O)/C=C/CCCCCCCCCCC)OC(CO)C(O)C1O. The predicted molar refractivity (Wildman–Crippen MR) is 329 cm³/mol. The molecule has 1 saturated heterocycles. The first-order chi connectivity index (χ1) is 38.7. The van der Waals surface area contributed by atoms with Gasteiger partial charge in [-0.15, -0.1) is 0 Å². The number of esters is 1. The third kappa shape index (κ3) is 43.7. The van der Waals surface area contributed by atoms with Gasteiger partial charge in [-0.3, -0.25) is 9.59 Å². The fourth-order valence-corrected chi connectivity index (χ4v) is 10.2. The minimum Gasteiger partial charge on any atom is -0.454 e. The zero-order valence-corrected chi connectivity index (χ0v) is 51.0. The van der Waals surface area contributed by atoms with E-state index in [4.69, 9.17) is 14.2 Å². The Bertz CT molecular complexity index is 1510. The van der Waals surface area contributed by atoms with Crippen LogP contribution in [-0.4, -0.2) is 99.6 Å². The molecule has 0 aromatic rings. The van der Waals surface area contributed by atoms with Crippen LogP contribution in [0.15, 0.2) is 60.8 Å². The van der Waals surface area contributed by atoms with Crippen molar-refractivity contribution >= 4 is 11.9 Å². The van der Waals surface area contributed by atoms with Crippen molar-refractivity contribution < 1.29 is 49.3 Å². The molecule has 1 aliphatic heterocycles. The highest BCUT2D eigenvalue weighted by atomic mass is 16.7. The monoisotopic (exact) mass is 1110 g/mol. The van der Waals surface area contributed by atoms with Crippen molar-refractivity contribution in [2.24, 2.45) is 0 Å². The van der Waals surface area contributed by atoms with Gasteiger partial charge in [0.05, 0.1) is 25.4 Å². The molecule has 8 atom stereocenters. The van der Waals surface area contributed by atoms with Crippen molar-refractivity contribution in [3.8, 4) is 0 Å². The molecule has 1 aliphatic rings. The summed E-state index contributed by atoms with van der Waals surface area (Å²) in [6, 6.07) is -1.02. The normalized spacial score (nSPS) is 19.2. The summed E-state index contributed by atoms with van der Waals surface area (Å²) in [7, 11) is 0. The van der Waals surface area contributed by atoms with Crippen LogP contribution >= 0.6 is 0 Å². The zero-order valence-electron chi connectivity index (χ0n) is 51.0. The quantitative estimate of drug-likeness (QED) is 0.0195. The molecule has 0 aromatic carbocycles. The standard InChI is InChI=1S/C68H123NO10/c1-4-7-10-13-16-19-22-24-25-26-27-28-29-30-31-32-33-34-35-36-37-38-41-44-47-50-53-56-63(73)79-66-65(75)64(74)62(57-70)78-68(66)77-58-59(60(71)54-51-48-45-42-39-21-18-15-12-9-6-3)69-67(76)61(72)55-52-49-46-43-40-23-20-17-14-11-8-5-2/h16,19,24-25,27-28,30-31,51,54,59-62,64-66,68,70-72,74-75H,4-15,17-18,20-23,26,29,32-50,52-53,55-58H2,1-3H3,(H,69,76)/b19-16-,25-24-,28-27-,31-30-,54-51+. The lowest BCUT2D eigenvalue weighted by Gasteiger charge is -2.41. The molecule has 1 heterocycles. The second kappa shape index (κ2) is 55.9. The molecular formula is C68H123NO10. The summed E-state index contributed by atoms with van der Waals surface area (Å²) >= 11 is 0. The third-order valence-electron chi connectivity index (χ3n) is 15.4. The molecule has 0 aliphatic carbocycles. The second-order valence-corrected chi connectivity index (χ2v) is 22.9. The predicted octanol–water partition coefficient (Wildman–Crippen LogP) is 16.2. The summed E-state index contributed by atoms with van der Waals surface area (Å²) in [6.45, 7) is 5.76. The summed E-state index contributed by atoms with van der Waals surface area (Å²) in [4.78, 5) is 26.5. The molecule has 1 rings (SSSR count). The van der Waals surface area contributed by atoms with Crippen LogP contribution in [0.4, 0.5) is 0 Å². The number of carbonyl (C=O) groups excluding carboxylic acids is 2. The molecule has 1 fully saturated rings. The smallest absolute Gasteiger partial charge is 0.306 e. The van der Waals surface area contributed by atoms with Gasteiger partial charge < -0.3 is 45.1 Å². The summed E-state index contributed by atoms with van der Waals surface area (Å²) in [5.41, 5.74) is 0. The van der Waals surface area contributed by atoms with Crippen molar-refractivity contribution in [2.75, 3.05) is 13.2 Å². The molecule has 8 unspecified atom stereocenters. The van der Waals surface area contributed by atoms with Crippen LogP contribution in [-0.2, 0) is 23.8 Å². The number of nitrogens with one attached hydrogen (secondary N) is 1. The van der Waals surface area contributed by atoms with Crippen LogP contribution in [0.3, 0.4) is 0 Å². The van der Waals surface area contributed by atoms with Crippen molar-refractivity contribution in [1.29, 1.82) is 0 Å². The molecule has 0 aromatic heterocycles. The minimum absolute atomic E-state index is 0.120. The molecule has 6 N–H and O–H groups in total. The highest BCUT2D eigenvalue weighted by molar-refractivity contribution is 5.80. The number of aliphatic hydroxyl groups is 5. The molecular weight excluding hydrogens is 991 g/mol. The summed E-state index contributed by atoms with van der Waals surface area (Å²) in [5, 5.41) is 57.0. The Morgan fingerprint density at radius 3 is 1.33 bits per heavy atom. The molecule has 11 nitrogen and oxygen atoms in total. The number of unbranched alkanes of at least 4 members (excludes halogenated alkanes) is 34. The van der Waals surface area contributed by atoms with Crippen molar-refractivity contribution in [3.63, 3.8) is 0 Å². The number of hydrogen-bond donors (Lipinski definition) is 6. The van der Waals surface area contributed by atoms with Crippen LogP contribution in [0.2, 0.25) is 0 Å². The molecule has 0 radical (unpaired) electrons. The van der Waals surface area contributed by atoms with E-state index >= 15 is 0 Å². The minimum atomic E-state index is -1.61. The molecule has 0 spiro atoms. The van der Waals surface area contributed by atoms with Gasteiger partial charge in [0.1, 0.15) is 24.4 Å². The van der Waals surface area contributed by atoms with Gasteiger partial charge in [0.15, 0.2) is 12.4 Å². The van der Waals surface area contributed by atoms with E-state index in [0.29, 0.717) is 19.3 Å². The Balaban J connectivity index is 2.54. The summed E-state index contributed by atoms with van der Waals surface area (Å²) in [6.07, 6.45) is 59.8. The van der Waals surface area contributed by atoms with Crippen molar-refractivity contribution in [1.82, 2.24) is 5.32 Å². The number of ether oxygens (including phenoxy) is 3. The van der Waals surface area contributed by atoms with Gasteiger partial charge in [-0.05, 0) is 70.6 Å². The van der Waals surface area contributed by atoms with Crippen molar-refractivity contribution in [3.05, 3.63) is 60.8 Å². The Labute approximate surface area is 484 Å². The van der Waals surface area contributed by atoms with Crippen LogP contribution in [0.5, 0.6) is 0 Å². The highest BCUT2D eigenvalue weighted by Gasteiger charge is 2.47.